The van der Waals surface area contributed by atoms with Crippen LogP contribution in [0.2, 0.25) is 0 Å². The van der Waals surface area contributed by atoms with Gasteiger partial charge in [-0.05, 0) is 35.7 Å². The van der Waals surface area contributed by atoms with Crippen LogP contribution < -0.4 is 5.11 Å². The van der Waals surface area contributed by atoms with Gasteiger partial charge in [0.25, 0.3) is 5.95 Å². The first kappa shape index (κ1) is 14.9. The molecule has 0 aliphatic carbocycles. The molecule has 0 fully saturated rings. The fourth-order valence-corrected chi connectivity index (χ4v) is 2.58. The average Bonchev–Trinajstić information content (AvgIpc) is 3.14. The second kappa shape index (κ2) is 6.12. The van der Waals surface area contributed by atoms with Gasteiger partial charge in [0, 0.05) is 10.9 Å². The van der Waals surface area contributed by atoms with Crippen molar-refractivity contribution in [1.82, 2.24) is 25.6 Å². The zero-order valence-electron chi connectivity index (χ0n) is 13.3. The summed E-state index contributed by atoms with van der Waals surface area (Å²) in [6.07, 6.45) is 0. The molecular weight excluding hydrogens is 316 g/mol. The summed E-state index contributed by atoms with van der Waals surface area (Å²) in [6.45, 7) is 2.02. The predicted octanol–water partition coefficient (Wildman–Crippen LogP) is 2.16. The summed E-state index contributed by atoms with van der Waals surface area (Å²) in [5.41, 5.74) is 3.99. The minimum Gasteiger partial charge on any atom is -0.858 e. The van der Waals surface area contributed by atoms with Gasteiger partial charge in [0.05, 0.1) is 11.2 Å². The first-order valence-electron chi connectivity index (χ1n) is 7.67. The number of pyridine rings is 1. The van der Waals surface area contributed by atoms with E-state index in [0.717, 1.165) is 22.0 Å². The molecule has 4 aromatic rings. The van der Waals surface area contributed by atoms with E-state index in [4.69, 9.17) is 0 Å². The highest BCUT2D eigenvalue weighted by Gasteiger charge is 2.08. The van der Waals surface area contributed by atoms with E-state index in [1.165, 1.54) is 0 Å². The largest absolute Gasteiger partial charge is 0.858 e. The maximum absolute atomic E-state index is 12.6. The lowest BCUT2D eigenvalue weighted by Gasteiger charge is -2.14. The van der Waals surface area contributed by atoms with Crippen LogP contribution in [0.15, 0.2) is 59.6 Å². The number of benzene rings is 2. The minimum absolute atomic E-state index is 0.00257. The van der Waals surface area contributed by atoms with E-state index in [1.54, 1.807) is 6.07 Å². The highest BCUT2D eigenvalue weighted by molar-refractivity contribution is 6.05. The van der Waals surface area contributed by atoms with Crippen molar-refractivity contribution in [2.24, 2.45) is 4.99 Å². The van der Waals surface area contributed by atoms with Crippen molar-refractivity contribution in [3.8, 4) is 11.3 Å². The zero-order chi connectivity index (χ0) is 17.2. The maximum atomic E-state index is 12.6. The molecule has 0 aliphatic heterocycles. The van der Waals surface area contributed by atoms with Gasteiger partial charge in [0.1, 0.15) is 0 Å². The van der Waals surface area contributed by atoms with Crippen molar-refractivity contribution in [3.05, 3.63) is 65.7 Å². The van der Waals surface area contributed by atoms with Crippen LogP contribution in [0.1, 0.15) is 11.1 Å². The van der Waals surface area contributed by atoms with E-state index in [9.17, 15) is 5.11 Å². The van der Waals surface area contributed by atoms with Gasteiger partial charge in [-0.3, -0.25) is 0 Å². The Bertz CT molecular complexity index is 1050. The van der Waals surface area contributed by atoms with Gasteiger partial charge in [-0.1, -0.05) is 53.1 Å². The van der Waals surface area contributed by atoms with Crippen LogP contribution in [0.3, 0.4) is 0 Å². The smallest absolute Gasteiger partial charge is 0.288 e. The predicted molar refractivity (Wildman–Crippen MR) is 92.3 cm³/mol. The Kier molecular flexibility index (Phi) is 3.66. The standard InChI is InChI=1S/C18H14N6O/c1-11-6-8-12(9-7-11)16-10-14(13-4-2-3-5-15(13)19-16)17(25)20-18-21-23-24-22-18/h2-10H,1H3,(H2,20,21,22,23,24,25)/p-1. The van der Waals surface area contributed by atoms with Gasteiger partial charge in [-0.2, -0.15) is 5.21 Å². The number of aliphatic imine (C=N–C) groups is 1. The summed E-state index contributed by atoms with van der Waals surface area (Å²) in [5.74, 6) is -0.434. The van der Waals surface area contributed by atoms with Crippen molar-refractivity contribution in [1.29, 1.82) is 0 Å². The Labute approximate surface area is 143 Å². The number of nitrogens with one attached hydrogen (secondary N) is 1. The molecule has 25 heavy (non-hydrogen) atoms. The molecule has 0 atom stereocenters. The summed E-state index contributed by atoms with van der Waals surface area (Å²) in [7, 11) is 0. The Balaban J connectivity index is 1.91. The summed E-state index contributed by atoms with van der Waals surface area (Å²) >= 11 is 0. The second-order valence-corrected chi connectivity index (χ2v) is 5.57. The third-order valence-electron chi connectivity index (χ3n) is 3.83. The van der Waals surface area contributed by atoms with Crippen LogP contribution in [-0.4, -0.2) is 31.5 Å². The van der Waals surface area contributed by atoms with Crippen LogP contribution in [0.5, 0.6) is 0 Å². The van der Waals surface area contributed by atoms with Gasteiger partial charge in [-0.25, -0.2) is 9.98 Å². The van der Waals surface area contributed by atoms with Crippen molar-refractivity contribution in [2.75, 3.05) is 0 Å². The molecule has 0 bridgehead atoms. The Morgan fingerprint density at radius 2 is 1.88 bits per heavy atom. The van der Waals surface area contributed by atoms with Crippen LogP contribution in [-0.2, 0) is 0 Å². The third-order valence-corrected chi connectivity index (χ3v) is 3.83. The molecule has 2 heterocycles. The molecule has 7 heteroatoms. The summed E-state index contributed by atoms with van der Waals surface area (Å²) < 4.78 is 0. The van der Waals surface area contributed by atoms with Crippen LogP contribution in [0.25, 0.3) is 22.2 Å². The first-order chi connectivity index (χ1) is 12.2. The molecule has 0 amide bonds. The van der Waals surface area contributed by atoms with E-state index >= 15 is 0 Å². The SMILES string of the molecule is Cc1ccc(-c2cc(C([O-])=Nc3nn[nH]n3)c3ccccc3n2)cc1. The number of rotatable bonds is 3. The van der Waals surface area contributed by atoms with Gasteiger partial charge >= 0.3 is 0 Å². The van der Waals surface area contributed by atoms with Crippen molar-refractivity contribution in [2.45, 2.75) is 6.92 Å². The monoisotopic (exact) mass is 329 g/mol. The molecule has 0 unspecified atom stereocenters. The summed E-state index contributed by atoms with van der Waals surface area (Å²) in [4.78, 5) is 8.58. The number of hydrogen-bond donors (Lipinski definition) is 1. The molecule has 0 saturated carbocycles. The number of H-pyrrole nitrogens is 1. The minimum atomic E-state index is -0.437. The van der Waals surface area contributed by atoms with Gasteiger partial charge in [0.15, 0.2) is 0 Å². The fourth-order valence-electron chi connectivity index (χ4n) is 2.58. The fraction of sp³-hybridized carbons (Fsp3) is 0.0556. The molecule has 0 spiro atoms. The lowest BCUT2D eigenvalue weighted by Crippen LogP contribution is -2.19. The number of para-hydroxylation sites is 1. The molecule has 4 rings (SSSR count). The molecule has 122 valence electrons. The van der Waals surface area contributed by atoms with Crippen molar-refractivity contribution < 1.29 is 5.11 Å². The molecule has 1 N–H and O–H groups in total. The normalized spacial score (nSPS) is 11.8. The molecule has 2 aromatic heterocycles. The van der Waals surface area contributed by atoms with E-state index in [-0.39, 0.29) is 5.95 Å². The van der Waals surface area contributed by atoms with E-state index in [2.05, 4.69) is 30.6 Å². The van der Waals surface area contributed by atoms with Gasteiger partial charge in [-0.15, -0.1) is 5.10 Å². The number of aromatic amines is 1. The number of hydrogen-bond acceptors (Lipinski definition) is 6. The Hall–Kier alpha value is -3.61. The number of fused-ring (bicyclic) bond motifs is 1. The molecule has 0 saturated heterocycles. The van der Waals surface area contributed by atoms with Gasteiger partial charge < -0.3 is 5.11 Å². The topological polar surface area (TPSA) is 103 Å². The van der Waals surface area contributed by atoms with Crippen molar-refractivity contribution in [3.63, 3.8) is 0 Å². The number of aryl methyl sites for hydroxylation is 1. The highest BCUT2D eigenvalue weighted by atomic mass is 16.3. The number of tetrazole rings is 1. The van der Waals surface area contributed by atoms with Gasteiger partial charge in [0.2, 0.25) is 0 Å². The number of aromatic nitrogens is 5. The van der Waals surface area contributed by atoms with Crippen LogP contribution in [0.4, 0.5) is 5.95 Å². The Morgan fingerprint density at radius 1 is 1.08 bits per heavy atom. The molecular formula is C18H13N6O-. The quantitative estimate of drug-likeness (QED) is 0.458. The molecule has 0 radical (unpaired) electrons. The summed E-state index contributed by atoms with van der Waals surface area (Å²) in [6, 6.07) is 17.2. The molecule has 0 aliphatic rings. The lowest BCUT2D eigenvalue weighted by molar-refractivity contribution is -0.212. The van der Waals surface area contributed by atoms with E-state index < -0.39 is 5.90 Å². The number of nitrogens with zero attached hydrogens (tertiary/aromatic N) is 5. The van der Waals surface area contributed by atoms with E-state index in [1.807, 2.05) is 55.5 Å². The molecule has 7 nitrogen and oxygen atoms in total. The average molecular weight is 329 g/mol. The Morgan fingerprint density at radius 3 is 2.64 bits per heavy atom. The second-order valence-electron chi connectivity index (χ2n) is 5.57. The zero-order valence-corrected chi connectivity index (χ0v) is 13.3. The first-order valence-corrected chi connectivity index (χ1v) is 7.67. The van der Waals surface area contributed by atoms with Crippen molar-refractivity contribution >= 4 is 22.7 Å². The summed E-state index contributed by atoms with van der Waals surface area (Å²) in [5, 5.41) is 26.5. The van der Waals surface area contributed by atoms with E-state index in [0.29, 0.717) is 11.3 Å². The van der Waals surface area contributed by atoms with Crippen LogP contribution >= 0.6 is 0 Å². The highest BCUT2D eigenvalue weighted by Crippen LogP contribution is 2.25. The molecule has 2 aromatic carbocycles. The maximum Gasteiger partial charge on any atom is 0.288 e. The lowest BCUT2D eigenvalue weighted by atomic mass is 10.0. The third kappa shape index (κ3) is 2.94. The van der Waals surface area contributed by atoms with Crippen LogP contribution in [0, 0.1) is 6.92 Å².